The van der Waals surface area contributed by atoms with Crippen molar-refractivity contribution in [2.24, 2.45) is 5.41 Å². The molecule has 0 unspecified atom stereocenters. The van der Waals surface area contributed by atoms with Crippen LogP contribution in [-0.2, 0) is 16.3 Å². The van der Waals surface area contributed by atoms with Crippen molar-refractivity contribution >= 4 is 9.84 Å². The number of hydrogen-bond acceptors (Lipinski definition) is 2. The van der Waals surface area contributed by atoms with Crippen molar-refractivity contribution < 1.29 is 8.42 Å². The van der Waals surface area contributed by atoms with Gasteiger partial charge in [0.25, 0.3) is 0 Å². The molecule has 0 radical (unpaired) electrons. The number of aryl methyl sites for hydroxylation is 1. The van der Waals surface area contributed by atoms with E-state index in [4.69, 9.17) is 0 Å². The first-order valence-electron chi connectivity index (χ1n) is 6.03. The highest BCUT2D eigenvalue weighted by molar-refractivity contribution is 7.91. The maximum absolute atomic E-state index is 11.8. The standard InChI is InChI=1S/C14H22O2S/c1-14(2,3)12-17(15,16)11-7-10-13-8-5-4-6-9-13/h4-6,8-9H,7,10-12H2,1-3H3. The first-order chi connectivity index (χ1) is 7.79. The molecule has 3 heteroatoms. The van der Waals surface area contributed by atoms with Crippen molar-refractivity contribution in [1.82, 2.24) is 0 Å². The predicted octanol–water partition coefficient (Wildman–Crippen LogP) is 3.08. The third kappa shape index (κ3) is 6.47. The molecule has 0 saturated carbocycles. The van der Waals surface area contributed by atoms with Crippen LogP contribution >= 0.6 is 0 Å². The molecule has 1 aromatic rings. The van der Waals surface area contributed by atoms with E-state index >= 15 is 0 Å². The van der Waals surface area contributed by atoms with Crippen LogP contribution < -0.4 is 0 Å². The fourth-order valence-corrected chi connectivity index (χ4v) is 3.92. The first-order valence-corrected chi connectivity index (χ1v) is 7.85. The third-order valence-corrected chi connectivity index (χ3v) is 4.63. The molecule has 0 amide bonds. The zero-order chi connectivity index (χ0) is 12.9. The summed E-state index contributed by atoms with van der Waals surface area (Å²) in [6.07, 6.45) is 1.55. The molecule has 0 aliphatic heterocycles. The number of hydrogen-bond donors (Lipinski definition) is 0. The van der Waals surface area contributed by atoms with Gasteiger partial charge in [0.15, 0.2) is 9.84 Å². The minimum Gasteiger partial charge on any atom is -0.229 e. The summed E-state index contributed by atoms with van der Waals surface area (Å²) in [5.74, 6) is 0.563. The summed E-state index contributed by atoms with van der Waals surface area (Å²) >= 11 is 0. The molecule has 17 heavy (non-hydrogen) atoms. The number of sulfone groups is 1. The predicted molar refractivity (Wildman–Crippen MR) is 72.9 cm³/mol. The molecule has 0 heterocycles. The van der Waals surface area contributed by atoms with E-state index in [0.29, 0.717) is 12.2 Å². The molecule has 0 saturated heterocycles. The van der Waals surface area contributed by atoms with Crippen LogP contribution in [0.3, 0.4) is 0 Å². The molecule has 96 valence electrons. The molecule has 2 nitrogen and oxygen atoms in total. The smallest absolute Gasteiger partial charge is 0.150 e. The SMILES string of the molecule is CC(C)(C)CS(=O)(=O)CCCc1ccccc1. The Morgan fingerprint density at radius 3 is 2.18 bits per heavy atom. The Morgan fingerprint density at radius 1 is 1.06 bits per heavy atom. The van der Waals surface area contributed by atoms with Crippen molar-refractivity contribution in [3.05, 3.63) is 35.9 Å². The Morgan fingerprint density at radius 2 is 1.65 bits per heavy atom. The van der Waals surface area contributed by atoms with Gasteiger partial charge < -0.3 is 0 Å². The van der Waals surface area contributed by atoms with Gasteiger partial charge in [-0.2, -0.15) is 0 Å². The molecule has 0 bridgehead atoms. The summed E-state index contributed by atoms with van der Waals surface area (Å²) in [6, 6.07) is 10.0. The van der Waals surface area contributed by atoms with E-state index in [2.05, 4.69) is 0 Å². The molecular formula is C14H22O2S. The van der Waals surface area contributed by atoms with Crippen molar-refractivity contribution in [3.63, 3.8) is 0 Å². The average molecular weight is 254 g/mol. The van der Waals surface area contributed by atoms with Gasteiger partial charge in [-0.15, -0.1) is 0 Å². The van der Waals surface area contributed by atoms with Gasteiger partial charge in [0, 0.05) is 0 Å². The fourth-order valence-electron chi connectivity index (χ4n) is 1.87. The van der Waals surface area contributed by atoms with Crippen LogP contribution in [0.15, 0.2) is 30.3 Å². The first kappa shape index (κ1) is 14.2. The van der Waals surface area contributed by atoms with E-state index < -0.39 is 9.84 Å². The Balaban J connectivity index is 2.41. The normalized spacial score (nSPS) is 12.6. The van der Waals surface area contributed by atoms with Crippen LogP contribution in [0.1, 0.15) is 32.8 Å². The molecule has 0 spiro atoms. The van der Waals surface area contributed by atoms with E-state index in [1.807, 2.05) is 51.1 Å². The maximum Gasteiger partial charge on any atom is 0.150 e. The lowest BCUT2D eigenvalue weighted by Crippen LogP contribution is -2.23. The van der Waals surface area contributed by atoms with E-state index in [0.717, 1.165) is 6.42 Å². The lowest BCUT2D eigenvalue weighted by Gasteiger charge is -2.17. The van der Waals surface area contributed by atoms with E-state index in [1.54, 1.807) is 0 Å². The van der Waals surface area contributed by atoms with E-state index in [9.17, 15) is 8.42 Å². The Hall–Kier alpha value is -0.830. The lowest BCUT2D eigenvalue weighted by molar-refractivity contribution is 0.461. The summed E-state index contributed by atoms with van der Waals surface area (Å²) < 4.78 is 23.7. The van der Waals surface area contributed by atoms with Crippen molar-refractivity contribution in [3.8, 4) is 0 Å². The zero-order valence-corrected chi connectivity index (χ0v) is 11.8. The van der Waals surface area contributed by atoms with E-state index in [1.165, 1.54) is 5.56 Å². The van der Waals surface area contributed by atoms with Gasteiger partial charge in [-0.1, -0.05) is 51.1 Å². The quantitative estimate of drug-likeness (QED) is 0.809. The molecule has 0 fully saturated rings. The highest BCUT2D eigenvalue weighted by Crippen LogP contribution is 2.17. The largest absolute Gasteiger partial charge is 0.229 e. The van der Waals surface area contributed by atoms with Crippen molar-refractivity contribution in [2.45, 2.75) is 33.6 Å². The van der Waals surface area contributed by atoms with Gasteiger partial charge in [-0.3, -0.25) is 0 Å². The van der Waals surface area contributed by atoms with Crippen molar-refractivity contribution in [2.75, 3.05) is 11.5 Å². The summed E-state index contributed by atoms with van der Waals surface area (Å²) in [5, 5.41) is 0. The third-order valence-electron chi connectivity index (χ3n) is 2.42. The fraction of sp³-hybridized carbons (Fsp3) is 0.571. The molecule has 0 aromatic heterocycles. The van der Waals surface area contributed by atoms with Gasteiger partial charge in [0.1, 0.15) is 0 Å². The Bertz CT molecular complexity index is 427. The number of rotatable bonds is 5. The number of benzene rings is 1. The van der Waals surface area contributed by atoms with Gasteiger partial charge in [0.2, 0.25) is 0 Å². The second kappa shape index (κ2) is 5.67. The maximum atomic E-state index is 11.8. The minimum atomic E-state index is -2.91. The molecule has 1 rings (SSSR count). The Kier molecular flexibility index (Phi) is 4.75. The van der Waals surface area contributed by atoms with Gasteiger partial charge in [-0.25, -0.2) is 8.42 Å². The molecule has 1 aromatic carbocycles. The minimum absolute atomic E-state index is 0.147. The summed E-state index contributed by atoms with van der Waals surface area (Å²) in [7, 11) is -2.91. The van der Waals surface area contributed by atoms with Crippen LogP contribution in [-0.4, -0.2) is 19.9 Å². The van der Waals surface area contributed by atoms with E-state index in [-0.39, 0.29) is 11.2 Å². The zero-order valence-electron chi connectivity index (χ0n) is 10.9. The molecule has 0 atom stereocenters. The van der Waals surface area contributed by atoms with Gasteiger partial charge in [0.05, 0.1) is 11.5 Å². The summed E-state index contributed by atoms with van der Waals surface area (Å²) in [6.45, 7) is 5.88. The summed E-state index contributed by atoms with van der Waals surface area (Å²) in [4.78, 5) is 0. The molecular weight excluding hydrogens is 232 g/mol. The highest BCUT2D eigenvalue weighted by Gasteiger charge is 2.20. The van der Waals surface area contributed by atoms with Crippen LogP contribution in [0.2, 0.25) is 0 Å². The van der Waals surface area contributed by atoms with Crippen LogP contribution in [0, 0.1) is 5.41 Å². The average Bonchev–Trinajstić information content (AvgIpc) is 2.15. The second-order valence-electron chi connectivity index (χ2n) is 5.74. The van der Waals surface area contributed by atoms with Crippen LogP contribution in [0.4, 0.5) is 0 Å². The highest BCUT2D eigenvalue weighted by atomic mass is 32.2. The molecule has 0 N–H and O–H groups in total. The summed E-state index contributed by atoms with van der Waals surface area (Å²) in [5.41, 5.74) is 1.06. The van der Waals surface area contributed by atoms with Crippen LogP contribution in [0.5, 0.6) is 0 Å². The molecule has 0 aliphatic carbocycles. The molecule has 0 aliphatic rings. The topological polar surface area (TPSA) is 34.1 Å². The van der Waals surface area contributed by atoms with Crippen LogP contribution in [0.25, 0.3) is 0 Å². The Labute approximate surface area is 105 Å². The van der Waals surface area contributed by atoms with Gasteiger partial charge >= 0.3 is 0 Å². The monoisotopic (exact) mass is 254 g/mol. The lowest BCUT2D eigenvalue weighted by atomic mass is 10.0. The second-order valence-corrected chi connectivity index (χ2v) is 7.93. The van der Waals surface area contributed by atoms with Gasteiger partial charge in [-0.05, 0) is 23.8 Å². The van der Waals surface area contributed by atoms with Crippen molar-refractivity contribution in [1.29, 1.82) is 0 Å².